The summed E-state index contributed by atoms with van der Waals surface area (Å²) in [6, 6.07) is 18.8. The predicted molar refractivity (Wildman–Crippen MR) is 86.0 cm³/mol. The first kappa shape index (κ1) is 14.5. The van der Waals surface area contributed by atoms with Crippen LogP contribution >= 0.6 is 0 Å². The molecule has 0 radical (unpaired) electrons. The van der Waals surface area contributed by atoms with Crippen LogP contribution in [-0.4, -0.2) is 6.54 Å². The molecule has 1 aromatic heterocycles. The average molecular weight is 295 g/mol. The fraction of sp³-hybridized carbons (Fsp3) is 0.158. The highest BCUT2D eigenvalue weighted by Crippen LogP contribution is 2.21. The third-order valence-corrected chi connectivity index (χ3v) is 3.55. The van der Waals surface area contributed by atoms with Gasteiger partial charge in [-0.05, 0) is 53.9 Å². The number of furan rings is 1. The van der Waals surface area contributed by atoms with Crippen LogP contribution in [-0.2, 0) is 13.0 Å². The van der Waals surface area contributed by atoms with Crippen LogP contribution in [0.1, 0.15) is 11.3 Å². The van der Waals surface area contributed by atoms with Gasteiger partial charge < -0.3 is 9.73 Å². The fourth-order valence-electron chi connectivity index (χ4n) is 2.43. The largest absolute Gasteiger partial charge is 0.468 e. The SMILES string of the molecule is Fc1cccc(-c2cccc(CCNCc3ccco3)c2)c1. The molecule has 1 N–H and O–H groups in total. The maximum Gasteiger partial charge on any atom is 0.123 e. The third-order valence-electron chi connectivity index (χ3n) is 3.55. The van der Waals surface area contributed by atoms with Gasteiger partial charge in [-0.3, -0.25) is 0 Å². The van der Waals surface area contributed by atoms with Gasteiger partial charge in [0.05, 0.1) is 12.8 Å². The van der Waals surface area contributed by atoms with Crippen molar-refractivity contribution in [1.29, 1.82) is 0 Å². The summed E-state index contributed by atoms with van der Waals surface area (Å²) >= 11 is 0. The van der Waals surface area contributed by atoms with E-state index in [1.807, 2.05) is 30.3 Å². The van der Waals surface area contributed by atoms with E-state index in [1.54, 1.807) is 18.4 Å². The Bertz CT molecular complexity index is 722. The van der Waals surface area contributed by atoms with Crippen LogP contribution in [0.3, 0.4) is 0 Å². The van der Waals surface area contributed by atoms with E-state index in [1.165, 1.54) is 11.6 Å². The lowest BCUT2D eigenvalue weighted by Gasteiger charge is -2.07. The Morgan fingerprint density at radius 3 is 2.50 bits per heavy atom. The lowest BCUT2D eigenvalue weighted by molar-refractivity contribution is 0.484. The molecule has 0 bridgehead atoms. The van der Waals surface area contributed by atoms with Gasteiger partial charge in [-0.15, -0.1) is 0 Å². The highest BCUT2D eigenvalue weighted by Gasteiger charge is 2.01. The van der Waals surface area contributed by atoms with Crippen molar-refractivity contribution in [2.45, 2.75) is 13.0 Å². The number of nitrogens with one attached hydrogen (secondary N) is 1. The number of hydrogen-bond donors (Lipinski definition) is 1. The topological polar surface area (TPSA) is 25.2 Å². The summed E-state index contributed by atoms with van der Waals surface area (Å²) in [5.74, 6) is 0.733. The Morgan fingerprint density at radius 2 is 1.73 bits per heavy atom. The molecule has 2 aromatic carbocycles. The van der Waals surface area contributed by atoms with E-state index in [9.17, 15) is 4.39 Å². The summed E-state index contributed by atoms with van der Waals surface area (Å²) in [6.07, 6.45) is 2.60. The maximum atomic E-state index is 13.3. The Balaban J connectivity index is 1.59. The van der Waals surface area contributed by atoms with Gasteiger partial charge in [0.15, 0.2) is 0 Å². The first-order valence-electron chi connectivity index (χ1n) is 7.39. The minimum atomic E-state index is -0.206. The predicted octanol–water partition coefficient (Wildman–Crippen LogP) is 4.42. The molecule has 0 unspecified atom stereocenters. The standard InChI is InChI=1S/C19H18FNO/c20-18-7-2-6-17(13-18)16-5-1-4-15(12-16)9-10-21-14-19-8-3-11-22-19/h1-8,11-13,21H,9-10,14H2. The molecular weight excluding hydrogens is 277 g/mol. The van der Waals surface area contributed by atoms with Crippen molar-refractivity contribution in [3.05, 3.63) is 84.1 Å². The molecule has 1 heterocycles. The zero-order valence-corrected chi connectivity index (χ0v) is 12.3. The van der Waals surface area contributed by atoms with Crippen molar-refractivity contribution >= 4 is 0 Å². The van der Waals surface area contributed by atoms with Gasteiger partial charge in [0.2, 0.25) is 0 Å². The molecule has 2 nitrogen and oxygen atoms in total. The minimum absolute atomic E-state index is 0.206. The molecule has 3 rings (SSSR count). The Morgan fingerprint density at radius 1 is 0.909 bits per heavy atom. The van der Waals surface area contributed by atoms with Crippen LogP contribution in [0.15, 0.2) is 71.3 Å². The summed E-state index contributed by atoms with van der Waals surface area (Å²) in [7, 11) is 0. The van der Waals surface area contributed by atoms with Crippen LogP contribution in [0.4, 0.5) is 4.39 Å². The van der Waals surface area contributed by atoms with E-state index >= 15 is 0 Å². The van der Waals surface area contributed by atoms with Crippen molar-refractivity contribution in [2.24, 2.45) is 0 Å². The summed E-state index contributed by atoms with van der Waals surface area (Å²) in [5.41, 5.74) is 3.18. The fourth-order valence-corrected chi connectivity index (χ4v) is 2.43. The van der Waals surface area contributed by atoms with E-state index in [0.717, 1.165) is 36.4 Å². The highest BCUT2D eigenvalue weighted by atomic mass is 19.1. The second-order valence-corrected chi connectivity index (χ2v) is 5.22. The molecular formula is C19H18FNO. The summed E-state index contributed by atoms with van der Waals surface area (Å²) in [4.78, 5) is 0. The monoisotopic (exact) mass is 295 g/mol. The van der Waals surface area contributed by atoms with Crippen LogP contribution in [0.2, 0.25) is 0 Å². The molecule has 0 amide bonds. The summed E-state index contributed by atoms with van der Waals surface area (Å²) in [6.45, 7) is 1.60. The second-order valence-electron chi connectivity index (χ2n) is 5.22. The van der Waals surface area contributed by atoms with Crippen molar-refractivity contribution < 1.29 is 8.81 Å². The molecule has 0 aliphatic heterocycles. The smallest absolute Gasteiger partial charge is 0.123 e. The van der Waals surface area contributed by atoms with Crippen LogP contribution < -0.4 is 5.32 Å². The van der Waals surface area contributed by atoms with E-state index in [4.69, 9.17) is 4.42 Å². The van der Waals surface area contributed by atoms with Crippen LogP contribution in [0.25, 0.3) is 11.1 Å². The van der Waals surface area contributed by atoms with Gasteiger partial charge in [0.25, 0.3) is 0 Å². The Kier molecular flexibility index (Phi) is 4.66. The van der Waals surface area contributed by atoms with Gasteiger partial charge in [-0.25, -0.2) is 4.39 Å². The van der Waals surface area contributed by atoms with Crippen LogP contribution in [0.5, 0.6) is 0 Å². The first-order valence-corrected chi connectivity index (χ1v) is 7.39. The normalized spacial score (nSPS) is 10.8. The molecule has 0 fully saturated rings. The average Bonchev–Trinajstić information content (AvgIpc) is 3.05. The van der Waals surface area contributed by atoms with Crippen molar-refractivity contribution in [3.8, 4) is 11.1 Å². The highest BCUT2D eigenvalue weighted by molar-refractivity contribution is 5.64. The van der Waals surface area contributed by atoms with E-state index in [-0.39, 0.29) is 5.82 Å². The minimum Gasteiger partial charge on any atom is -0.468 e. The van der Waals surface area contributed by atoms with E-state index in [0.29, 0.717) is 0 Å². The van der Waals surface area contributed by atoms with Gasteiger partial charge in [0, 0.05) is 0 Å². The van der Waals surface area contributed by atoms with Crippen molar-refractivity contribution in [2.75, 3.05) is 6.54 Å². The first-order chi connectivity index (χ1) is 10.8. The molecule has 3 aromatic rings. The molecule has 0 aliphatic carbocycles. The number of halogens is 1. The van der Waals surface area contributed by atoms with E-state index in [2.05, 4.69) is 17.4 Å². The van der Waals surface area contributed by atoms with Crippen molar-refractivity contribution in [3.63, 3.8) is 0 Å². The molecule has 0 spiro atoms. The molecule has 112 valence electrons. The Hall–Kier alpha value is -2.39. The van der Waals surface area contributed by atoms with Gasteiger partial charge in [-0.2, -0.15) is 0 Å². The molecule has 0 atom stereocenters. The lowest BCUT2D eigenvalue weighted by atomic mass is 10.0. The van der Waals surface area contributed by atoms with Gasteiger partial charge >= 0.3 is 0 Å². The Labute approximate surface area is 129 Å². The zero-order valence-electron chi connectivity index (χ0n) is 12.3. The van der Waals surface area contributed by atoms with Crippen LogP contribution in [0, 0.1) is 5.82 Å². The molecule has 0 saturated heterocycles. The number of benzene rings is 2. The molecule has 0 saturated carbocycles. The number of rotatable bonds is 6. The van der Waals surface area contributed by atoms with Gasteiger partial charge in [-0.1, -0.05) is 36.4 Å². The molecule has 3 heteroatoms. The lowest BCUT2D eigenvalue weighted by Crippen LogP contribution is -2.16. The summed E-state index contributed by atoms with van der Waals surface area (Å²) in [5, 5.41) is 3.35. The summed E-state index contributed by atoms with van der Waals surface area (Å²) < 4.78 is 18.6. The molecule has 0 aliphatic rings. The van der Waals surface area contributed by atoms with Gasteiger partial charge in [0.1, 0.15) is 11.6 Å². The van der Waals surface area contributed by atoms with E-state index < -0.39 is 0 Å². The quantitative estimate of drug-likeness (QED) is 0.681. The second kappa shape index (κ2) is 7.05. The zero-order chi connectivity index (χ0) is 15.2. The number of hydrogen-bond acceptors (Lipinski definition) is 2. The molecule has 22 heavy (non-hydrogen) atoms. The third kappa shape index (κ3) is 3.83. The maximum absolute atomic E-state index is 13.3. The van der Waals surface area contributed by atoms with Crippen molar-refractivity contribution in [1.82, 2.24) is 5.32 Å².